The largest absolute Gasteiger partial charge is 0.396 e. The van der Waals surface area contributed by atoms with Crippen molar-refractivity contribution in [1.82, 2.24) is 14.7 Å². The first-order valence-electron chi connectivity index (χ1n) is 5.52. The fourth-order valence-electron chi connectivity index (χ4n) is 2.15. The van der Waals surface area contributed by atoms with E-state index in [1.54, 1.807) is 18.3 Å². The number of nitrogens with zero attached hydrogens (tertiary/aromatic N) is 4. The molecule has 7 heteroatoms. The molecule has 3 amide bonds. The molecule has 2 atom stereocenters. The Morgan fingerprint density at radius 2 is 2.12 bits per heavy atom. The van der Waals surface area contributed by atoms with Crippen LogP contribution in [-0.2, 0) is 4.79 Å². The molecule has 0 spiro atoms. The first-order valence-corrected chi connectivity index (χ1v) is 5.52. The van der Waals surface area contributed by atoms with Crippen LogP contribution in [0.4, 0.5) is 4.79 Å². The maximum atomic E-state index is 12.0. The van der Waals surface area contributed by atoms with Gasteiger partial charge >= 0.3 is 6.03 Å². The first kappa shape index (κ1) is 11.8. The molecule has 2 unspecified atom stereocenters. The van der Waals surface area contributed by atoms with Crippen LogP contribution in [0, 0.1) is 0 Å². The van der Waals surface area contributed by atoms with Gasteiger partial charge in [0.25, 0.3) is 5.91 Å². The lowest BCUT2D eigenvalue weighted by Gasteiger charge is -2.39. The molecule has 1 saturated heterocycles. The minimum Gasteiger partial charge on any atom is -0.396 e. The number of rotatable bonds is 3. The second kappa shape index (κ2) is 4.33. The van der Waals surface area contributed by atoms with Gasteiger partial charge < -0.3 is 14.9 Å². The summed E-state index contributed by atoms with van der Waals surface area (Å²) >= 11 is 0. The van der Waals surface area contributed by atoms with E-state index in [1.165, 1.54) is 11.9 Å². The van der Waals surface area contributed by atoms with Gasteiger partial charge in [-0.25, -0.2) is 9.79 Å². The summed E-state index contributed by atoms with van der Waals surface area (Å²) in [6.07, 6.45) is 1.72. The van der Waals surface area contributed by atoms with Crippen molar-refractivity contribution in [3.8, 4) is 0 Å². The Morgan fingerprint density at radius 1 is 1.41 bits per heavy atom. The zero-order valence-corrected chi connectivity index (χ0v) is 9.91. The predicted molar refractivity (Wildman–Crippen MR) is 60.4 cm³/mol. The molecule has 94 valence electrons. The highest BCUT2D eigenvalue weighted by molar-refractivity contribution is 6.01. The third-order valence-electron chi connectivity index (χ3n) is 3.15. The van der Waals surface area contributed by atoms with Crippen LogP contribution in [-0.4, -0.2) is 77.5 Å². The number of aliphatic hydroxyl groups is 1. The van der Waals surface area contributed by atoms with Crippen LogP contribution in [0.25, 0.3) is 0 Å². The highest BCUT2D eigenvalue weighted by atomic mass is 16.3. The summed E-state index contributed by atoms with van der Waals surface area (Å²) in [4.78, 5) is 32.3. The van der Waals surface area contributed by atoms with E-state index in [0.29, 0.717) is 13.0 Å². The van der Waals surface area contributed by atoms with Gasteiger partial charge in [0.1, 0.15) is 0 Å². The molecular weight excluding hydrogens is 224 g/mol. The number of aliphatic hydroxyl groups excluding tert-OH is 1. The average molecular weight is 240 g/mol. The van der Waals surface area contributed by atoms with Crippen LogP contribution in [0.5, 0.6) is 0 Å². The summed E-state index contributed by atoms with van der Waals surface area (Å²) in [5.41, 5.74) is 0. The van der Waals surface area contributed by atoms with Gasteiger partial charge in [0.2, 0.25) is 0 Å². The Hall–Kier alpha value is -1.63. The first-order chi connectivity index (χ1) is 8.07. The van der Waals surface area contributed by atoms with Crippen LogP contribution in [0.15, 0.2) is 4.99 Å². The van der Waals surface area contributed by atoms with Gasteiger partial charge in [-0.15, -0.1) is 0 Å². The third-order valence-corrected chi connectivity index (χ3v) is 3.15. The topological polar surface area (TPSA) is 76.5 Å². The highest BCUT2D eigenvalue weighted by Crippen LogP contribution is 2.24. The second-order valence-corrected chi connectivity index (χ2v) is 4.23. The van der Waals surface area contributed by atoms with Crippen LogP contribution >= 0.6 is 0 Å². The summed E-state index contributed by atoms with van der Waals surface area (Å²) in [7, 11) is 3.11. The number of imide groups is 1. The SMILES string of the molecule is CN1C(=O)C2C(N=CN2CCCO)N(C)C1=O. The molecule has 0 aromatic carbocycles. The lowest BCUT2D eigenvalue weighted by atomic mass is 10.1. The summed E-state index contributed by atoms with van der Waals surface area (Å²) < 4.78 is 0. The third kappa shape index (κ3) is 1.76. The van der Waals surface area contributed by atoms with Gasteiger partial charge in [-0.1, -0.05) is 0 Å². The number of carbonyl (C=O) groups is 2. The van der Waals surface area contributed by atoms with Crippen molar-refractivity contribution in [2.45, 2.75) is 18.6 Å². The smallest absolute Gasteiger partial charge is 0.328 e. The van der Waals surface area contributed by atoms with Crippen molar-refractivity contribution in [3.63, 3.8) is 0 Å². The summed E-state index contributed by atoms with van der Waals surface area (Å²) in [6.45, 7) is 0.628. The Kier molecular flexibility index (Phi) is 3.01. The van der Waals surface area contributed by atoms with Crippen molar-refractivity contribution in [2.75, 3.05) is 27.2 Å². The number of hydrogen-bond donors (Lipinski definition) is 1. The van der Waals surface area contributed by atoms with Crippen molar-refractivity contribution >= 4 is 18.3 Å². The number of amides is 3. The Labute approximate surface area is 99.3 Å². The number of likely N-dealkylation sites (N-methyl/N-ethyl adjacent to an activating group) is 2. The van der Waals surface area contributed by atoms with E-state index in [0.717, 1.165) is 4.90 Å². The summed E-state index contributed by atoms with van der Waals surface area (Å²) in [5, 5.41) is 8.80. The molecule has 17 heavy (non-hydrogen) atoms. The van der Waals surface area contributed by atoms with Crippen molar-refractivity contribution in [3.05, 3.63) is 0 Å². The van der Waals surface area contributed by atoms with Gasteiger partial charge in [0.15, 0.2) is 12.2 Å². The maximum Gasteiger partial charge on any atom is 0.328 e. The van der Waals surface area contributed by atoms with Crippen molar-refractivity contribution in [2.24, 2.45) is 4.99 Å². The molecule has 0 aliphatic carbocycles. The fourth-order valence-corrected chi connectivity index (χ4v) is 2.15. The molecular formula is C10H16N4O3. The number of carbonyl (C=O) groups excluding carboxylic acids is 2. The normalized spacial score (nSPS) is 28.1. The molecule has 1 N–H and O–H groups in total. The molecule has 0 radical (unpaired) electrons. The van der Waals surface area contributed by atoms with Crippen molar-refractivity contribution in [1.29, 1.82) is 0 Å². The van der Waals surface area contributed by atoms with Crippen molar-refractivity contribution < 1.29 is 14.7 Å². The molecule has 2 heterocycles. The van der Waals surface area contributed by atoms with E-state index in [9.17, 15) is 9.59 Å². The molecule has 7 nitrogen and oxygen atoms in total. The van der Waals surface area contributed by atoms with Gasteiger partial charge in [0.05, 0.1) is 6.34 Å². The van der Waals surface area contributed by atoms with Crippen LogP contribution in [0.2, 0.25) is 0 Å². The predicted octanol–water partition coefficient (Wildman–Crippen LogP) is -1.07. The lowest BCUT2D eigenvalue weighted by Crippen LogP contribution is -2.63. The van der Waals surface area contributed by atoms with Gasteiger partial charge in [-0.2, -0.15) is 0 Å². The standard InChI is InChI=1S/C10H16N4O3/c1-12-8-7(9(16)13(2)10(12)17)14(6-11-8)4-3-5-15/h6-8,15H,3-5H2,1-2H3. The lowest BCUT2D eigenvalue weighted by molar-refractivity contribution is -0.136. The quantitative estimate of drug-likeness (QED) is 0.681. The highest BCUT2D eigenvalue weighted by Gasteiger charge is 2.47. The van der Waals surface area contributed by atoms with Crippen LogP contribution < -0.4 is 0 Å². The van der Waals surface area contributed by atoms with E-state index in [2.05, 4.69) is 4.99 Å². The minimum absolute atomic E-state index is 0.0700. The Morgan fingerprint density at radius 3 is 2.76 bits per heavy atom. The molecule has 2 aliphatic heterocycles. The van der Waals surface area contributed by atoms with Gasteiger partial charge in [-0.3, -0.25) is 9.69 Å². The molecule has 1 fully saturated rings. The Bertz CT molecular complexity index is 371. The molecule has 2 aliphatic rings. The summed E-state index contributed by atoms with van der Waals surface area (Å²) in [5.74, 6) is -0.242. The number of aliphatic imine (C=N–C) groups is 1. The average Bonchev–Trinajstić information content (AvgIpc) is 2.75. The molecule has 0 saturated carbocycles. The van der Waals surface area contributed by atoms with E-state index in [-0.39, 0.29) is 18.5 Å². The zero-order valence-electron chi connectivity index (χ0n) is 9.91. The maximum absolute atomic E-state index is 12.0. The second-order valence-electron chi connectivity index (χ2n) is 4.23. The summed E-state index contributed by atoms with van der Waals surface area (Å²) in [6, 6.07) is -0.786. The van der Waals surface area contributed by atoms with Crippen LogP contribution in [0.1, 0.15) is 6.42 Å². The number of urea groups is 1. The van der Waals surface area contributed by atoms with Gasteiger partial charge in [-0.05, 0) is 6.42 Å². The minimum atomic E-state index is -0.450. The van der Waals surface area contributed by atoms with E-state index < -0.39 is 12.2 Å². The monoisotopic (exact) mass is 240 g/mol. The van der Waals surface area contributed by atoms with Crippen LogP contribution in [0.3, 0.4) is 0 Å². The Balaban J connectivity index is 2.18. The van der Waals surface area contributed by atoms with E-state index >= 15 is 0 Å². The van der Waals surface area contributed by atoms with Gasteiger partial charge in [0, 0.05) is 27.2 Å². The number of fused-ring (bicyclic) bond motifs is 1. The van der Waals surface area contributed by atoms with E-state index in [4.69, 9.17) is 5.11 Å². The number of hydrogen-bond acceptors (Lipinski definition) is 5. The molecule has 2 rings (SSSR count). The molecule has 0 aromatic rings. The fraction of sp³-hybridized carbons (Fsp3) is 0.700. The molecule has 0 aromatic heterocycles. The zero-order chi connectivity index (χ0) is 12.6. The van der Waals surface area contributed by atoms with E-state index in [1.807, 2.05) is 0 Å². The molecule has 0 bridgehead atoms.